The number of amides is 3. The van der Waals surface area contributed by atoms with Crippen molar-refractivity contribution in [3.8, 4) is 0 Å². The maximum atomic E-state index is 13.3. The van der Waals surface area contributed by atoms with Gasteiger partial charge in [0.15, 0.2) is 0 Å². The Hall–Kier alpha value is -2.20. The minimum Gasteiger partial charge on any atom is -0.465 e. The number of piperidine rings is 1. The Kier molecular flexibility index (Phi) is 7.16. The number of likely N-dealkylation sites (tertiary alicyclic amines) is 2. The van der Waals surface area contributed by atoms with Crippen molar-refractivity contribution < 1.29 is 32.7 Å². The standard InChI is InChI=1S/C23H26Cl2F3N3O4/c24-17-2-1-14(9-18(17)25)16-12-31(11-15(16)10-29-21(34)35)19(32)13-3-7-30(8-4-13)20(33)22(5-6-22)23(26,27)28/h1-2,9,13,15-16,29H,3-8,10-12H2,(H,34,35)/t15-,16-/m0/s1. The Morgan fingerprint density at radius 1 is 1.06 bits per heavy atom. The molecule has 2 N–H and O–H groups in total. The molecule has 1 aromatic carbocycles. The van der Waals surface area contributed by atoms with Crippen molar-refractivity contribution in [2.75, 3.05) is 32.7 Å². The number of carboxylic acid groups (broad SMARTS) is 1. The first-order valence-corrected chi connectivity index (χ1v) is 12.2. The van der Waals surface area contributed by atoms with E-state index in [9.17, 15) is 27.6 Å². The van der Waals surface area contributed by atoms with Gasteiger partial charge in [0.05, 0.1) is 10.0 Å². The molecule has 192 valence electrons. The van der Waals surface area contributed by atoms with Crippen molar-refractivity contribution in [1.29, 1.82) is 0 Å². The minimum atomic E-state index is -4.55. The summed E-state index contributed by atoms with van der Waals surface area (Å²) in [5.74, 6) is -1.76. The Morgan fingerprint density at radius 2 is 1.71 bits per heavy atom. The van der Waals surface area contributed by atoms with Gasteiger partial charge in [0.1, 0.15) is 5.41 Å². The molecule has 1 saturated carbocycles. The molecule has 2 aliphatic heterocycles. The molecule has 0 radical (unpaired) electrons. The molecule has 3 fully saturated rings. The molecule has 0 unspecified atom stereocenters. The second-order valence-corrected chi connectivity index (χ2v) is 10.4. The first-order valence-electron chi connectivity index (χ1n) is 11.5. The lowest BCUT2D eigenvalue weighted by Gasteiger charge is -2.35. The molecule has 7 nitrogen and oxygen atoms in total. The topological polar surface area (TPSA) is 89.9 Å². The lowest BCUT2D eigenvalue weighted by Crippen LogP contribution is -2.49. The average molecular weight is 536 g/mol. The molecule has 1 aliphatic carbocycles. The third-order valence-electron chi connectivity index (χ3n) is 7.47. The molecule has 3 amide bonds. The zero-order valence-corrected chi connectivity index (χ0v) is 20.3. The fourth-order valence-electron chi connectivity index (χ4n) is 5.23. The molecular formula is C23H26Cl2F3N3O4. The van der Waals surface area contributed by atoms with Crippen LogP contribution in [0.2, 0.25) is 10.0 Å². The number of alkyl halides is 3. The van der Waals surface area contributed by atoms with Gasteiger partial charge >= 0.3 is 12.3 Å². The number of nitrogens with zero attached hydrogens (tertiary/aromatic N) is 2. The Labute approximate surface area is 210 Å². The lowest BCUT2D eigenvalue weighted by atomic mass is 9.89. The summed E-state index contributed by atoms with van der Waals surface area (Å²) < 4.78 is 40.0. The van der Waals surface area contributed by atoms with Crippen molar-refractivity contribution in [1.82, 2.24) is 15.1 Å². The highest BCUT2D eigenvalue weighted by Gasteiger charge is 2.69. The smallest absolute Gasteiger partial charge is 0.404 e. The van der Waals surface area contributed by atoms with E-state index in [-0.39, 0.29) is 50.2 Å². The van der Waals surface area contributed by atoms with Crippen LogP contribution in [0, 0.1) is 17.3 Å². The summed E-state index contributed by atoms with van der Waals surface area (Å²) in [6.07, 6.45) is -5.47. The van der Waals surface area contributed by atoms with Gasteiger partial charge in [-0.25, -0.2) is 4.79 Å². The normalized spacial score (nSPS) is 24.4. The van der Waals surface area contributed by atoms with Crippen LogP contribution in [0.15, 0.2) is 18.2 Å². The number of rotatable bonds is 5. The van der Waals surface area contributed by atoms with Gasteiger partial charge in [0.2, 0.25) is 11.8 Å². The molecule has 1 aromatic rings. The van der Waals surface area contributed by atoms with E-state index in [1.54, 1.807) is 23.1 Å². The average Bonchev–Trinajstić information content (AvgIpc) is 3.53. The summed E-state index contributed by atoms with van der Waals surface area (Å²) >= 11 is 12.2. The highest BCUT2D eigenvalue weighted by atomic mass is 35.5. The number of nitrogens with one attached hydrogen (secondary N) is 1. The number of benzene rings is 1. The van der Waals surface area contributed by atoms with Crippen LogP contribution in [-0.4, -0.2) is 71.7 Å². The second kappa shape index (κ2) is 9.69. The summed E-state index contributed by atoms with van der Waals surface area (Å²) in [6, 6.07) is 5.18. The molecule has 3 aliphatic rings. The summed E-state index contributed by atoms with van der Waals surface area (Å²) in [5, 5.41) is 12.2. The molecule has 0 spiro atoms. The van der Waals surface area contributed by atoms with Gasteiger partial charge in [0, 0.05) is 50.5 Å². The van der Waals surface area contributed by atoms with Crippen LogP contribution in [0.3, 0.4) is 0 Å². The molecule has 2 saturated heterocycles. The highest BCUT2D eigenvalue weighted by Crippen LogP contribution is 2.58. The highest BCUT2D eigenvalue weighted by molar-refractivity contribution is 6.42. The fraction of sp³-hybridized carbons (Fsp3) is 0.609. The predicted octanol–water partition coefficient (Wildman–Crippen LogP) is 4.38. The van der Waals surface area contributed by atoms with Crippen LogP contribution in [-0.2, 0) is 9.59 Å². The molecule has 0 aromatic heterocycles. The molecule has 0 bridgehead atoms. The minimum absolute atomic E-state index is 0.112. The van der Waals surface area contributed by atoms with Crippen molar-refractivity contribution >= 4 is 41.1 Å². The summed E-state index contributed by atoms with van der Waals surface area (Å²) in [6.45, 7) is 1.07. The SMILES string of the molecule is O=C(O)NC[C@H]1CN(C(=O)C2CCN(C(=O)C3(C(F)(F)F)CC3)CC2)C[C@H]1c1ccc(Cl)c(Cl)c1. The van der Waals surface area contributed by atoms with Gasteiger partial charge in [-0.2, -0.15) is 13.2 Å². The largest absolute Gasteiger partial charge is 0.465 e. The fourth-order valence-corrected chi connectivity index (χ4v) is 5.54. The van der Waals surface area contributed by atoms with Crippen LogP contribution in [0.5, 0.6) is 0 Å². The zero-order valence-electron chi connectivity index (χ0n) is 18.8. The molecule has 12 heteroatoms. The van der Waals surface area contributed by atoms with E-state index in [0.29, 0.717) is 36.0 Å². The summed E-state index contributed by atoms with van der Waals surface area (Å²) in [4.78, 5) is 39.8. The summed E-state index contributed by atoms with van der Waals surface area (Å²) in [5.41, 5.74) is -1.40. The quantitative estimate of drug-likeness (QED) is 0.585. The van der Waals surface area contributed by atoms with Crippen molar-refractivity contribution in [2.45, 2.75) is 37.8 Å². The van der Waals surface area contributed by atoms with E-state index in [1.165, 1.54) is 4.90 Å². The van der Waals surface area contributed by atoms with Crippen molar-refractivity contribution in [3.05, 3.63) is 33.8 Å². The van der Waals surface area contributed by atoms with Crippen LogP contribution >= 0.6 is 23.2 Å². The van der Waals surface area contributed by atoms with Gasteiger partial charge in [-0.3, -0.25) is 9.59 Å². The number of carbonyl (C=O) groups excluding carboxylic acids is 2. The Bertz CT molecular complexity index is 1010. The number of hydrogen-bond donors (Lipinski definition) is 2. The second-order valence-electron chi connectivity index (χ2n) is 9.62. The monoisotopic (exact) mass is 535 g/mol. The maximum Gasteiger partial charge on any atom is 0.404 e. The van der Waals surface area contributed by atoms with Gasteiger partial charge < -0.3 is 20.2 Å². The molecular weight excluding hydrogens is 510 g/mol. The van der Waals surface area contributed by atoms with E-state index >= 15 is 0 Å². The van der Waals surface area contributed by atoms with Crippen LogP contribution < -0.4 is 5.32 Å². The molecule has 2 atom stereocenters. The maximum absolute atomic E-state index is 13.3. The third kappa shape index (κ3) is 5.18. The van der Waals surface area contributed by atoms with Crippen molar-refractivity contribution in [3.63, 3.8) is 0 Å². The number of carbonyl (C=O) groups is 3. The summed E-state index contributed by atoms with van der Waals surface area (Å²) in [7, 11) is 0. The lowest BCUT2D eigenvalue weighted by molar-refractivity contribution is -0.199. The van der Waals surface area contributed by atoms with E-state index in [2.05, 4.69) is 5.32 Å². The van der Waals surface area contributed by atoms with Crippen molar-refractivity contribution in [2.24, 2.45) is 17.3 Å². The number of hydrogen-bond acceptors (Lipinski definition) is 3. The van der Waals surface area contributed by atoms with Crippen LogP contribution in [0.1, 0.15) is 37.2 Å². The van der Waals surface area contributed by atoms with E-state index in [1.807, 2.05) is 0 Å². The van der Waals surface area contributed by atoms with Crippen LogP contribution in [0.4, 0.5) is 18.0 Å². The predicted molar refractivity (Wildman–Crippen MR) is 122 cm³/mol. The van der Waals surface area contributed by atoms with Gasteiger partial charge in [-0.05, 0) is 43.4 Å². The number of halogens is 5. The van der Waals surface area contributed by atoms with E-state index < -0.39 is 29.5 Å². The van der Waals surface area contributed by atoms with Gasteiger partial charge in [0.25, 0.3) is 0 Å². The first-order chi connectivity index (χ1) is 16.4. The van der Waals surface area contributed by atoms with Gasteiger partial charge in [-0.15, -0.1) is 0 Å². The first kappa shape index (κ1) is 25.9. The molecule has 35 heavy (non-hydrogen) atoms. The Balaban J connectivity index is 1.40. The van der Waals surface area contributed by atoms with Crippen LogP contribution in [0.25, 0.3) is 0 Å². The van der Waals surface area contributed by atoms with E-state index in [4.69, 9.17) is 28.3 Å². The van der Waals surface area contributed by atoms with Gasteiger partial charge in [-0.1, -0.05) is 29.3 Å². The van der Waals surface area contributed by atoms with E-state index in [0.717, 1.165) is 5.56 Å². The zero-order chi connectivity index (χ0) is 25.5. The Morgan fingerprint density at radius 3 is 2.26 bits per heavy atom. The molecule has 4 rings (SSSR count). The molecule has 2 heterocycles. The third-order valence-corrected chi connectivity index (χ3v) is 8.21.